The van der Waals surface area contributed by atoms with Gasteiger partial charge in [-0.25, -0.2) is 4.99 Å². The summed E-state index contributed by atoms with van der Waals surface area (Å²) in [4.78, 5) is 17.8. The van der Waals surface area contributed by atoms with Gasteiger partial charge in [0.1, 0.15) is 0 Å². The highest BCUT2D eigenvalue weighted by Crippen LogP contribution is 2.15. The third-order valence-electron chi connectivity index (χ3n) is 3.23. The normalized spacial score (nSPS) is 10.8. The summed E-state index contributed by atoms with van der Waals surface area (Å²) in [5.74, 6) is 0.568. The molecule has 142 valence electrons. The van der Waals surface area contributed by atoms with E-state index in [0.29, 0.717) is 37.3 Å². The Morgan fingerprint density at radius 1 is 1.28 bits per heavy atom. The van der Waals surface area contributed by atoms with Crippen molar-refractivity contribution in [2.75, 3.05) is 40.4 Å². The lowest BCUT2D eigenvalue weighted by Crippen LogP contribution is -2.43. The van der Waals surface area contributed by atoms with E-state index in [1.54, 1.807) is 14.1 Å². The van der Waals surface area contributed by atoms with Crippen LogP contribution in [0.1, 0.15) is 18.9 Å². The molecule has 0 fully saturated rings. The monoisotopic (exact) mass is 482 g/mol. The van der Waals surface area contributed by atoms with Gasteiger partial charge in [0.2, 0.25) is 5.91 Å². The van der Waals surface area contributed by atoms with E-state index in [1.165, 1.54) is 4.90 Å². The highest BCUT2D eigenvalue weighted by Gasteiger charge is 2.06. The fourth-order valence-corrected chi connectivity index (χ4v) is 2.00. The molecule has 0 atom stereocenters. The summed E-state index contributed by atoms with van der Waals surface area (Å²) in [5.41, 5.74) is 0.938. The summed E-state index contributed by atoms with van der Waals surface area (Å²) < 4.78 is 5.31. The molecule has 8 heteroatoms. The van der Waals surface area contributed by atoms with Crippen molar-refractivity contribution in [3.63, 3.8) is 0 Å². The Labute approximate surface area is 172 Å². The van der Waals surface area contributed by atoms with E-state index in [4.69, 9.17) is 16.3 Å². The summed E-state index contributed by atoms with van der Waals surface area (Å²) in [7, 11) is 3.44. The number of carbonyl (C=O) groups excluding carboxylic acids is 1. The average molecular weight is 483 g/mol. The average Bonchev–Trinajstić information content (AvgIpc) is 2.57. The maximum absolute atomic E-state index is 11.7. The van der Waals surface area contributed by atoms with Crippen molar-refractivity contribution in [2.45, 2.75) is 19.9 Å². The van der Waals surface area contributed by atoms with Crippen LogP contribution in [-0.4, -0.2) is 57.2 Å². The lowest BCUT2D eigenvalue weighted by atomic mass is 10.2. The first kappa shape index (κ1) is 23.9. The van der Waals surface area contributed by atoms with Gasteiger partial charge >= 0.3 is 0 Å². The molecule has 6 nitrogen and oxygen atoms in total. The zero-order valence-electron chi connectivity index (χ0n) is 15.0. The molecule has 1 aromatic rings. The van der Waals surface area contributed by atoms with Crippen molar-refractivity contribution in [1.82, 2.24) is 15.5 Å². The fourth-order valence-electron chi connectivity index (χ4n) is 1.81. The third-order valence-corrected chi connectivity index (χ3v) is 3.60. The van der Waals surface area contributed by atoms with Crippen LogP contribution in [0.15, 0.2) is 29.3 Å². The highest BCUT2D eigenvalue weighted by molar-refractivity contribution is 14.0. The van der Waals surface area contributed by atoms with Crippen LogP contribution in [0.5, 0.6) is 0 Å². The number of carbonyl (C=O) groups is 1. The summed E-state index contributed by atoms with van der Waals surface area (Å²) in [5, 5.41) is 6.93. The van der Waals surface area contributed by atoms with Gasteiger partial charge in [0.15, 0.2) is 5.96 Å². The lowest BCUT2D eigenvalue weighted by Gasteiger charge is -2.15. The number of hydrogen-bond acceptors (Lipinski definition) is 3. The Hall–Kier alpha value is -1.06. The van der Waals surface area contributed by atoms with E-state index in [0.717, 1.165) is 12.0 Å². The quantitative estimate of drug-likeness (QED) is 0.246. The fraction of sp³-hybridized carbons (Fsp3) is 0.529. The first-order chi connectivity index (χ1) is 11.5. The van der Waals surface area contributed by atoms with Crippen LogP contribution >= 0.6 is 35.6 Å². The molecular weight excluding hydrogens is 455 g/mol. The minimum absolute atomic E-state index is 0. The standard InChI is InChI=1S/C17H27ClN4O2.HI/c1-4-24-11-7-10-19-17(21-13-16(23)22(2)3)20-12-14-8-5-6-9-15(14)18;/h5-6,8-9H,4,7,10-13H2,1-3H3,(H2,19,20,21);1H. The topological polar surface area (TPSA) is 66.0 Å². The lowest BCUT2D eigenvalue weighted by molar-refractivity contribution is -0.127. The molecule has 1 amide bonds. The largest absolute Gasteiger partial charge is 0.382 e. The zero-order chi connectivity index (χ0) is 17.8. The molecule has 0 bridgehead atoms. The predicted molar refractivity (Wildman–Crippen MR) is 114 cm³/mol. The molecule has 0 saturated heterocycles. The van der Waals surface area contributed by atoms with Crippen LogP contribution in [0, 0.1) is 0 Å². The Balaban J connectivity index is 0.00000576. The van der Waals surface area contributed by atoms with Crippen molar-refractivity contribution in [3.05, 3.63) is 34.9 Å². The second-order valence-electron chi connectivity index (χ2n) is 5.38. The zero-order valence-corrected chi connectivity index (χ0v) is 18.1. The van der Waals surface area contributed by atoms with E-state index < -0.39 is 0 Å². The molecular formula is C17H28ClIN4O2. The van der Waals surface area contributed by atoms with Crippen LogP contribution in [0.25, 0.3) is 0 Å². The van der Waals surface area contributed by atoms with Crippen LogP contribution in [0.3, 0.4) is 0 Å². The predicted octanol–water partition coefficient (Wildman–Crippen LogP) is 2.51. The molecule has 0 spiro atoms. The number of amides is 1. The number of aliphatic imine (C=N–C) groups is 1. The van der Waals surface area contributed by atoms with Crippen LogP contribution in [-0.2, 0) is 16.1 Å². The minimum atomic E-state index is -0.0171. The Morgan fingerprint density at radius 3 is 2.64 bits per heavy atom. The number of nitrogens with zero attached hydrogens (tertiary/aromatic N) is 2. The van der Waals surface area contributed by atoms with Gasteiger partial charge in [-0.1, -0.05) is 29.8 Å². The van der Waals surface area contributed by atoms with E-state index in [-0.39, 0.29) is 36.4 Å². The number of ether oxygens (including phenoxy) is 1. The van der Waals surface area contributed by atoms with Gasteiger partial charge < -0.3 is 20.3 Å². The number of rotatable bonds is 9. The Kier molecular flexibility index (Phi) is 13.5. The SMILES string of the molecule is CCOCCCNC(=NCc1ccccc1Cl)NCC(=O)N(C)C.I. The first-order valence-corrected chi connectivity index (χ1v) is 8.45. The smallest absolute Gasteiger partial charge is 0.241 e. The van der Waals surface area contributed by atoms with Crippen molar-refractivity contribution in [3.8, 4) is 0 Å². The molecule has 0 aromatic heterocycles. The number of hydrogen-bond donors (Lipinski definition) is 2. The summed E-state index contributed by atoms with van der Waals surface area (Å²) in [6.07, 6.45) is 0.863. The summed E-state index contributed by atoms with van der Waals surface area (Å²) in [6, 6.07) is 7.58. The van der Waals surface area contributed by atoms with Gasteiger partial charge in [-0.2, -0.15) is 0 Å². The van der Waals surface area contributed by atoms with Crippen molar-refractivity contribution in [1.29, 1.82) is 0 Å². The Morgan fingerprint density at radius 2 is 2.00 bits per heavy atom. The minimum Gasteiger partial charge on any atom is -0.382 e. The second kappa shape index (κ2) is 14.1. The maximum Gasteiger partial charge on any atom is 0.241 e. The van der Waals surface area contributed by atoms with E-state index >= 15 is 0 Å². The maximum atomic E-state index is 11.7. The van der Waals surface area contributed by atoms with Gasteiger partial charge in [-0.15, -0.1) is 24.0 Å². The van der Waals surface area contributed by atoms with E-state index in [1.807, 2.05) is 31.2 Å². The van der Waals surface area contributed by atoms with Gasteiger partial charge in [-0.05, 0) is 25.0 Å². The number of nitrogens with one attached hydrogen (secondary N) is 2. The van der Waals surface area contributed by atoms with E-state index in [9.17, 15) is 4.79 Å². The summed E-state index contributed by atoms with van der Waals surface area (Å²) >= 11 is 6.15. The Bertz CT molecular complexity index is 541. The molecule has 1 rings (SSSR count). The molecule has 0 saturated carbocycles. The van der Waals surface area contributed by atoms with Crippen LogP contribution in [0.2, 0.25) is 5.02 Å². The van der Waals surface area contributed by atoms with Gasteiger partial charge in [0.05, 0.1) is 13.1 Å². The number of guanidine groups is 1. The molecule has 0 unspecified atom stereocenters. The third kappa shape index (κ3) is 10.5. The molecule has 0 radical (unpaired) electrons. The van der Waals surface area contributed by atoms with Gasteiger partial charge in [0.25, 0.3) is 0 Å². The first-order valence-electron chi connectivity index (χ1n) is 8.08. The molecule has 2 N–H and O–H groups in total. The molecule has 0 aliphatic carbocycles. The molecule has 0 aliphatic heterocycles. The van der Waals surface area contributed by atoms with Crippen LogP contribution < -0.4 is 10.6 Å². The molecule has 0 heterocycles. The van der Waals surface area contributed by atoms with Gasteiger partial charge in [-0.3, -0.25) is 4.79 Å². The van der Waals surface area contributed by atoms with E-state index in [2.05, 4.69) is 15.6 Å². The van der Waals surface area contributed by atoms with Gasteiger partial charge in [0, 0.05) is 38.9 Å². The van der Waals surface area contributed by atoms with Crippen LogP contribution in [0.4, 0.5) is 0 Å². The van der Waals surface area contributed by atoms with Crippen molar-refractivity contribution in [2.24, 2.45) is 4.99 Å². The molecule has 0 aliphatic rings. The number of likely N-dealkylation sites (N-methyl/N-ethyl adjacent to an activating group) is 1. The molecule has 25 heavy (non-hydrogen) atoms. The van der Waals surface area contributed by atoms with Crippen molar-refractivity contribution >= 4 is 47.4 Å². The number of benzene rings is 1. The highest BCUT2D eigenvalue weighted by atomic mass is 127. The number of halogens is 2. The van der Waals surface area contributed by atoms with Crippen molar-refractivity contribution < 1.29 is 9.53 Å². The second-order valence-corrected chi connectivity index (χ2v) is 5.78. The molecule has 1 aromatic carbocycles. The summed E-state index contributed by atoms with van der Waals surface area (Å²) in [6.45, 7) is 4.72.